The zero-order valence-corrected chi connectivity index (χ0v) is 14.7. The molecule has 1 aliphatic rings. The minimum atomic E-state index is -4.20. The van der Waals surface area contributed by atoms with E-state index in [1.54, 1.807) is 20.4 Å². The molecule has 0 saturated carbocycles. The maximum atomic E-state index is 12.8. The van der Waals surface area contributed by atoms with Crippen LogP contribution < -0.4 is 10.1 Å². The summed E-state index contributed by atoms with van der Waals surface area (Å²) in [5.41, 5.74) is 0.885. The average Bonchev–Trinajstić information content (AvgIpc) is 2.61. The van der Waals surface area contributed by atoms with Gasteiger partial charge in [-0.25, -0.2) is 4.98 Å². The fraction of sp³-hybridized carbons (Fsp3) is 0.625. The van der Waals surface area contributed by atoms with Crippen LogP contribution in [0.3, 0.4) is 0 Å². The second-order valence-electron chi connectivity index (χ2n) is 5.81. The molecular weight excluding hydrogens is 335 g/mol. The molecule has 1 unspecified atom stereocenters. The lowest BCUT2D eigenvalue weighted by Crippen LogP contribution is -2.56. The summed E-state index contributed by atoms with van der Waals surface area (Å²) >= 11 is 0. The highest BCUT2D eigenvalue weighted by Crippen LogP contribution is 2.25. The Morgan fingerprint density at radius 2 is 2.04 bits per heavy atom. The molecule has 1 N–H and O–H groups in total. The fourth-order valence-electron chi connectivity index (χ4n) is 2.78. The third-order valence-corrected chi connectivity index (χ3v) is 4.33. The van der Waals surface area contributed by atoms with Crippen molar-refractivity contribution in [1.29, 1.82) is 0 Å². The molecule has 0 spiro atoms. The van der Waals surface area contributed by atoms with E-state index >= 15 is 0 Å². The summed E-state index contributed by atoms with van der Waals surface area (Å²) in [5.74, 6) is 1.19. The second-order valence-corrected chi connectivity index (χ2v) is 5.81. The number of pyridine rings is 1. The van der Waals surface area contributed by atoms with Crippen LogP contribution in [0, 0.1) is 0 Å². The smallest absolute Gasteiger partial charge is 0.403 e. The lowest BCUT2D eigenvalue weighted by molar-refractivity contribution is -0.181. The van der Waals surface area contributed by atoms with Gasteiger partial charge in [0.15, 0.2) is 5.96 Å². The van der Waals surface area contributed by atoms with Gasteiger partial charge in [0, 0.05) is 51.5 Å². The summed E-state index contributed by atoms with van der Waals surface area (Å²) in [6, 6.07) is 2.29. The minimum Gasteiger partial charge on any atom is -0.481 e. The first kappa shape index (κ1) is 19.3. The number of piperazine rings is 1. The third-order valence-electron chi connectivity index (χ3n) is 4.33. The van der Waals surface area contributed by atoms with Crippen LogP contribution in [-0.2, 0) is 6.54 Å². The molecule has 0 amide bonds. The van der Waals surface area contributed by atoms with Crippen molar-refractivity contribution in [1.82, 2.24) is 20.1 Å². The largest absolute Gasteiger partial charge is 0.481 e. The van der Waals surface area contributed by atoms with Crippen LogP contribution >= 0.6 is 0 Å². The van der Waals surface area contributed by atoms with Crippen molar-refractivity contribution in [3.8, 4) is 5.88 Å². The van der Waals surface area contributed by atoms with E-state index < -0.39 is 12.2 Å². The van der Waals surface area contributed by atoms with E-state index in [2.05, 4.69) is 15.3 Å². The Labute approximate surface area is 145 Å². The number of methoxy groups -OCH3 is 1. The molecule has 140 valence electrons. The molecule has 0 bridgehead atoms. The van der Waals surface area contributed by atoms with Crippen molar-refractivity contribution >= 4 is 5.96 Å². The summed E-state index contributed by atoms with van der Waals surface area (Å²) in [6.07, 6.45) is -2.54. The van der Waals surface area contributed by atoms with Crippen molar-refractivity contribution in [2.45, 2.75) is 25.7 Å². The van der Waals surface area contributed by atoms with Gasteiger partial charge in [-0.2, -0.15) is 13.2 Å². The van der Waals surface area contributed by atoms with Crippen LogP contribution in [0.25, 0.3) is 0 Å². The summed E-state index contributed by atoms with van der Waals surface area (Å²) in [7, 11) is 3.22. The topological polar surface area (TPSA) is 53.0 Å². The molecule has 1 fully saturated rings. The fourth-order valence-corrected chi connectivity index (χ4v) is 2.78. The summed E-state index contributed by atoms with van der Waals surface area (Å²) < 4.78 is 43.7. The molecule has 6 nitrogen and oxygen atoms in total. The van der Waals surface area contributed by atoms with Crippen molar-refractivity contribution in [2.24, 2.45) is 4.99 Å². The van der Waals surface area contributed by atoms with Crippen LogP contribution in [0.1, 0.15) is 12.5 Å². The van der Waals surface area contributed by atoms with Crippen molar-refractivity contribution in [3.63, 3.8) is 0 Å². The van der Waals surface area contributed by atoms with Gasteiger partial charge in [-0.3, -0.25) is 9.89 Å². The zero-order valence-electron chi connectivity index (χ0n) is 14.7. The van der Waals surface area contributed by atoms with E-state index in [4.69, 9.17) is 4.74 Å². The molecule has 0 aliphatic carbocycles. The number of rotatable bonds is 4. The van der Waals surface area contributed by atoms with E-state index in [0.29, 0.717) is 44.6 Å². The molecule has 1 aliphatic heterocycles. The van der Waals surface area contributed by atoms with Crippen molar-refractivity contribution in [3.05, 3.63) is 23.9 Å². The van der Waals surface area contributed by atoms with Gasteiger partial charge in [-0.1, -0.05) is 6.07 Å². The van der Waals surface area contributed by atoms with Gasteiger partial charge in [0.05, 0.1) is 7.11 Å². The van der Waals surface area contributed by atoms with Crippen molar-refractivity contribution in [2.75, 3.05) is 40.3 Å². The first-order chi connectivity index (χ1) is 11.9. The van der Waals surface area contributed by atoms with E-state index in [1.165, 1.54) is 11.8 Å². The first-order valence-electron chi connectivity index (χ1n) is 8.11. The Bertz CT molecular complexity index is 585. The molecule has 2 heterocycles. The molecule has 1 atom stereocenters. The van der Waals surface area contributed by atoms with Gasteiger partial charge in [0.2, 0.25) is 5.88 Å². The quantitative estimate of drug-likeness (QED) is 0.656. The maximum absolute atomic E-state index is 12.8. The molecule has 1 saturated heterocycles. The molecule has 25 heavy (non-hydrogen) atoms. The van der Waals surface area contributed by atoms with Crippen molar-refractivity contribution < 1.29 is 17.9 Å². The Morgan fingerprint density at radius 3 is 2.60 bits per heavy atom. The highest BCUT2D eigenvalue weighted by atomic mass is 19.4. The number of halogens is 3. The van der Waals surface area contributed by atoms with E-state index in [1.807, 2.05) is 17.0 Å². The molecule has 0 aromatic carbocycles. The average molecular weight is 359 g/mol. The van der Waals surface area contributed by atoms with Gasteiger partial charge >= 0.3 is 6.18 Å². The predicted octanol–water partition coefficient (Wildman–Crippen LogP) is 1.73. The summed E-state index contributed by atoms with van der Waals surface area (Å²) in [6.45, 7) is 3.35. The molecule has 1 aromatic rings. The number of aliphatic imine (C=N–C) groups is 1. The van der Waals surface area contributed by atoms with Gasteiger partial charge in [-0.15, -0.1) is 0 Å². The van der Waals surface area contributed by atoms with Crippen LogP contribution in [-0.4, -0.2) is 73.3 Å². The standard InChI is InChI=1S/C16H24F3N5O/c1-12(16(17,18)19)23-7-9-24(10-8-23)15(20-2)22-11-13-5-4-6-21-14(13)25-3/h4-6,12H,7-11H2,1-3H3,(H,20,22). The normalized spacial score (nSPS) is 18.2. The number of hydrogen-bond donors (Lipinski definition) is 1. The van der Waals surface area contributed by atoms with Crippen LogP contribution in [0.15, 0.2) is 23.3 Å². The molecule has 2 rings (SSSR count). The number of nitrogens with one attached hydrogen (secondary N) is 1. The Hall–Kier alpha value is -2.03. The molecule has 1 aromatic heterocycles. The highest BCUT2D eigenvalue weighted by molar-refractivity contribution is 5.80. The SMILES string of the molecule is CN=C(NCc1cccnc1OC)N1CCN(C(C)C(F)(F)F)CC1. The van der Waals surface area contributed by atoms with Crippen LogP contribution in [0.4, 0.5) is 13.2 Å². The summed E-state index contributed by atoms with van der Waals surface area (Å²) in [4.78, 5) is 11.8. The maximum Gasteiger partial charge on any atom is 0.403 e. The first-order valence-corrected chi connectivity index (χ1v) is 8.11. The molecule has 0 radical (unpaired) electrons. The molecular formula is C16H24F3N5O. The van der Waals surface area contributed by atoms with Crippen LogP contribution in [0.2, 0.25) is 0 Å². The monoisotopic (exact) mass is 359 g/mol. The molecule has 9 heteroatoms. The summed E-state index contributed by atoms with van der Waals surface area (Å²) in [5, 5.41) is 3.22. The minimum absolute atomic E-state index is 0.345. The van der Waals surface area contributed by atoms with Gasteiger partial charge in [-0.05, 0) is 13.0 Å². The van der Waals surface area contributed by atoms with Gasteiger partial charge < -0.3 is 15.0 Å². The third kappa shape index (κ3) is 4.97. The van der Waals surface area contributed by atoms with Crippen LogP contribution in [0.5, 0.6) is 5.88 Å². The lowest BCUT2D eigenvalue weighted by Gasteiger charge is -2.39. The number of guanidine groups is 1. The van der Waals surface area contributed by atoms with Gasteiger partial charge in [0.25, 0.3) is 0 Å². The second kappa shape index (κ2) is 8.37. The highest BCUT2D eigenvalue weighted by Gasteiger charge is 2.41. The van der Waals surface area contributed by atoms with Gasteiger partial charge in [0.1, 0.15) is 6.04 Å². The van der Waals surface area contributed by atoms with E-state index in [0.717, 1.165) is 5.56 Å². The zero-order chi connectivity index (χ0) is 18.4. The van der Waals surface area contributed by atoms with E-state index in [9.17, 15) is 13.2 Å². The lowest BCUT2D eigenvalue weighted by atomic mass is 10.2. The predicted molar refractivity (Wildman–Crippen MR) is 89.7 cm³/mol. The number of hydrogen-bond acceptors (Lipinski definition) is 4. The number of aromatic nitrogens is 1. The Morgan fingerprint density at radius 1 is 1.36 bits per heavy atom. The number of ether oxygens (including phenoxy) is 1. The number of nitrogens with zero attached hydrogens (tertiary/aromatic N) is 4. The Kier molecular flexibility index (Phi) is 6.46. The van der Waals surface area contributed by atoms with E-state index in [-0.39, 0.29) is 0 Å². The number of alkyl halides is 3. The Balaban J connectivity index is 1.90.